The third-order valence-electron chi connectivity index (χ3n) is 3.17. The van der Waals surface area contributed by atoms with Crippen LogP contribution in [0.5, 0.6) is 0 Å². The van der Waals surface area contributed by atoms with Crippen LogP contribution in [0.1, 0.15) is 32.6 Å². The Bertz CT molecular complexity index is 538. The lowest BCUT2D eigenvalue weighted by atomic mass is 10.2. The van der Waals surface area contributed by atoms with Crippen molar-refractivity contribution >= 4 is 67.1 Å². The third kappa shape index (κ3) is 19.1. The first-order chi connectivity index (χ1) is 14.4. The predicted octanol–water partition coefficient (Wildman–Crippen LogP) is 2.77. The van der Waals surface area contributed by atoms with Gasteiger partial charge in [-0.3, -0.25) is 4.79 Å². The standard InChI is InChI=1S/C14H28N6O3S2.C3H6S2/c1-4-5-6-11(21)17-7-9-24-25-10-8-23-14(22)19-12(15)18-13(16)20(2)3;1-2-4-5-3-1/h4-10H2,1-3H3,(H,17,21)(H4,15,16,18,19,22);1-3H2. The summed E-state index contributed by atoms with van der Waals surface area (Å²) in [6, 6.07) is 0. The maximum absolute atomic E-state index is 11.4. The monoisotopic (exact) mass is 498 g/mol. The van der Waals surface area contributed by atoms with Gasteiger partial charge in [0.25, 0.3) is 0 Å². The second-order valence-electron chi connectivity index (χ2n) is 6.04. The minimum atomic E-state index is -0.804. The second kappa shape index (κ2) is 20.0. The van der Waals surface area contributed by atoms with Crippen molar-refractivity contribution in [1.82, 2.24) is 10.2 Å². The summed E-state index contributed by atoms with van der Waals surface area (Å²) in [5.74, 6) is 4.14. The van der Waals surface area contributed by atoms with Gasteiger partial charge in [-0.05, 0) is 12.8 Å². The molecule has 1 fully saturated rings. The van der Waals surface area contributed by atoms with Crippen LogP contribution in [0.4, 0.5) is 4.79 Å². The Labute approximate surface area is 195 Å². The first kappa shape index (κ1) is 29.1. The molecule has 1 rings (SSSR count). The van der Waals surface area contributed by atoms with Crippen LogP contribution in [0.25, 0.3) is 0 Å². The molecule has 5 N–H and O–H groups in total. The van der Waals surface area contributed by atoms with Gasteiger partial charge in [0, 0.05) is 50.1 Å². The van der Waals surface area contributed by atoms with Crippen molar-refractivity contribution in [2.45, 2.75) is 32.6 Å². The average Bonchev–Trinajstić information content (AvgIpc) is 3.28. The molecule has 1 aliphatic heterocycles. The molecule has 30 heavy (non-hydrogen) atoms. The van der Waals surface area contributed by atoms with Gasteiger partial charge in [-0.2, -0.15) is 4.99 Å². The number of aliphatic imine (C=N–C) groups is 2. The summed E-state index contributed by atoms with van der Waals surface area (Å²) in [7, 11) is 10.5. The quantitative estimate of drug-likeness (QED) is 0.178. The summed E-state index contributed by atoms with van der Waals surface area (Å²) >= 11 is 0. The highest BCUT2D eigenvalue weighted by Gasteiger charge is 2.03. The van der Waals surface area contributed by atoms with Crippen LogP contribution in [0.2, 0.25) is 0 Å². The zero-order valence-electron chi connectivity index (χ0n) is 17.9. The number of carbonyl (C=O) groups is 2. The van der Waals surface area contributed by atoms with Crippen LogP contribution in [0.15, 0.2) is 9.98 Å². The lowest BCUT2D eigenvalue weighted by Crippen LogP contribution is -2.32. The van der Waals surface area contributed by atoms with Gasteiger partial charge in [0.2, 0.25) is 11.9 Å². The Morgan fingerprint density at radius 2 is 1.80 bits per heavy atom. The number of carbonyl (C=O) groups excluding carboxylic acids is 2. The Morgan fingerprint density at radius 1 is 1.13 bits per heavy atom. The molecule has 0 saturated carbocycles. The molecule has 0 aromatic heterocycles. The maximum atomic E-state index is 11.4. The summed E-state index contributed by atoms with van der Waals surface area (Å²) in [5.41, 5.74) is 11.0. The number of guanidine groups is 2. The molecule has 0 radical (unpaired) electrons. The van der Waals surface area contributed by atoms with Crippen LogP contribution in [-0.4, -0.2) is 79.1 Å². The van der Waals surface area contributed by atoms with Crippen LogP contribution < -0.4 is 16.8 Å². The normalized spacial score (nSPS) is 14.0. The highest BCUT2D eigenvalue weighted by Crippen LogP contribution is 2.29. The van der Waals surface area contributed by atoms with Gasteiger partial charge in [0.05, 0.1) is 0 Å². The van der Waals surface area contributed by atoms with Gasteiger partial charge in [-0.15, -0.1) is 4.99 Å². The van der Waals surface area contributed by atoms with Crippen molar-refractivity contribution in [2.75, 3.05) is 50.3 Å². The van der Waals surface area contributed by atoms with E-state index < -0.39 is 6.09 Å². The van der Waals surface area contributed by atoms with E-state index in [9.17, 15) is 9.59 Å². The molecule has 0 atom stereocenters. The van der Waals surface area contributed by atoms with E-state index >= 15 is 0 Å². The smallest absolute Gasteiger partial charge is 0.436 e. The van der Waals surface area contributed by atoms with Gasteiger partial charge in [-0.1, -0.05) is 56.5 Å². The van der Waals surface area contributed by atoms with Crippen molar-refractivity contribution in [3.05, 3.63) is 0 Å². The van der Waals surface area contributed by atoms with E-state index in [1.165, 1.54) is 22.8 Å². The Balaban J connectivity index is 0.00000145. The van der Waals surface area contributed by atoms with E-state index in [1.807, 2.05) is 21.6 Å². The molecule has 1 aliphatic rings. The molecular weight excluding hydrogens is 464 g/mol. The molecule has 0 aromatic rings. The van der Waals surface area contributed by atoms with Gasteiger partial charge >= 0.3 is 6.09 Å². The number of ether oxygens (including phenoxy) is 1. The number of hydrogen-bond donors (Lipinski definition) is 3. The summed E-state index contributed by atoms with van der Waals surface area (Å²) < 4.78 is 4.91. The third-order valence-corrected chi connectivity index (χ3v) is 8.12. The largest absolute Gasteiger partial charge is 0.447 e. The number of amides is 2. The highest BCUT2D eigenvalue weighted by atomic mass is 33.1. The van der Waals surface area contributed by atoms with E-state index in [1.54, 1.807) is 35.7 Å². The second-order valence-corrected chi connectivity index (χ2v) is 11.4. The van der Waals surface area contributed by atoms with E-state index in [-0.39, 0.29) is 24.4 Å². The van der Waals surface area contributed by atoms with E-state index in [2.05, 4.69) is 22.2 Å². The summed E-state index contributed by atoms with van der Waals surface area (Å²) in [5, 5.41) is 2.86. The Morgan fingerprint density at radius 3 is 2.37 bits per heavy atom. The van der Waals surface area contributed by atoms with Gasteiger partial charge < -0.3 is 26.4 Å². The molecule has 9 nitrogen and oxygen atoms in total. The Hall–Kier alpha value is -0.920. The van der Waals surface area contributed by atoms with Crippen molar-refractivity contribution in [2.24, 2.45) is 21.5 Å². The molecule has 0 spiro atoms. The fourth-order valence-corrected chi connectivity index (χ4v) is 5.69. The van der Waals surface area contributed by atoms with Crippen molar-refractivity contribution < 1.29 is 14.3 Å². The zero-order valence-corrected chi connectivity index (χ0v) is 21.2. The molecule has 0 aromatic carbocycles. The highest BCUT2D eigenvalue weighted by molar-refractivity contribution is 8.77. The minimum absolute atomic E-state index is 0.0920. The van der Waals surface area contributed by atoms with Crippen LogP contribution in [0, 0.1) is 0 Å². The molecule has 0 aliphatic carbocycles. The van der Waals surface area contributed by atoms with Gasteiger partial charge in [-0.25, -0.2) is 4.79 Å². The predicted molar refractivity (Wildman–Crippen MR) is 135 cm³/mol. The molecular formula is C17H34N6O3S4. The molecule has 2 amide bonds. The Kier molecular flexibility index (Phi) is 19.4. The number of nitrogens with zero attached hydrogens (tertiary/aromatic N) is 3. The summed E-state index contributed by atoms with van der Waals surface area (Å²) in [6.45, 7) is 2.90. The van der Waals surface area contributed by atoms with Gasteiger partial charge in [0.15, 0.2) is 5.96 Å². The fourth-order valence-electron chi connectivity index (χ4n) is 1.60. The maximum Gasteiger partial charge on any atom is 0.436 e. The number of nitrogens with one attached hydrogen (secondary N) is 1. The van der Waals surface area contributed by atoms with E-state index in [4.69, 9.17) is 16.2 Å². The van der Waals surface area contributed by atoms with Crippen LogP contribution in [-0.2, 0) is 9.53 Å². The van der Waals surface area contributed by atoms with Gasteiger partial charge in [0.1, 0.15) is 6.61 Å². The lowest BCUT2D eigenvalue weighted by molar-refractivity contribution is -0.121. The first-order valence-electron chi connectivity index (χ1n) is 9.64. The molecule has 1 heterocycles. The summed E-state index contributed by atoms with van der Waals surface area (Å²) in [4.78, 5) is 31.5. The van der Waals surface area contributed by atoms with Crippen molar-refractivity contribution in [1.29, 1.82) is 0 Å². The molecule has 0 unspecified atom stereocenters. The van der Waals surface area contributed by atoms with Crippen LogP contribution >= 0.6 is 43.2 Å². The number of hydrogen-bond acceptors (Lipinski definition) is 7. The lowest BCUT2D eigenvalue weighted by Gasteiger charge is -2.09. The SMILES string of the molecule is C1CSSC1.CCCCC(=O)NCCSSCCOC(=O)/N=C(N)/N=C(\N)N(C)C. The number of nitrogens with two attached hydrogens (primary N) is 2. The first-order valence-corrected chi connectivity index (χ1v) is 14.6. The van der Waals surface area contributed by atoms with E-state index in [0.717, 1.165) is 18.6 Å². The minimum Gasteiger partial charge on any atom is -0.447 e. The van der Waals surface area contributed by atoms with E-state index in [0.29, 0.717) is 18.7 Å². The molecule has 174 valence electrons. The van der Waals surface area contributed by atoms with Crippen molar-refractivity contribution in [3.63, 3.8) is 0 Å². The summed E-state index contributed by atoms with van der Waals surface area (Å²) in [6.07, 6.45) is 3.13. The zero-order chi connectivity index (χ0) is 22.6. The number of unbranched alkanes of at least 4 members (excludes halogenated alkanes) is 1. The topological polar surface area (TPSA) is 135 Å². The van der Waals surface area contributed by atoms with Crippen molar-refractivity contribution in [3.8, 4) is 0 Å². The average molecular weight is 499 g/mol. The number of rotatable bonds is 10. The van der Waals surface area contributed by atoms with Crippen LogP contribution in [0.3, 0.4) is 0 Å². The fraction of sp³-hybridized carbons (Fsp3) is 0.765. The molecule has 1 saturated heterocycles. The molecule has 0 bridgehead atoms. The molecule has 13 heteroatoms.